The average Bonchev–Trinajstić information content (AvgIpc) is 3.28. The lowest BCUT2D eigenvalue weighted by Crippen LogP contribution is -2.34. The molecule has 160 valence electrons. The number of pyridine rings is 1. The number of rotatable bonds is 5. The first-order valence-electron chi connectivity index (χ1n) is 10.8. The number of aryl methyl sites for hydroxylation is 1. The summed E-state index contributed by atoms with van der Waals surface area (Å²) >= 11 is 0. The third kappa shape index (κ3) is 3.85. The van der Waals surface area contributed by atoms with Crippen LogP contribution in [0.15, 0.2) is 29.1 Å². The van der Waals surface area contributed by atoms with Crippen LogP contribution in [0, 0.1) is 6.92 Å². The van der Waals surface area contributed by atoms with Crippen molar-refractivity contribution in [1.82, 2.24) is 9.88 Å². The average molecular weight is 412 g/mol. The van der Waals surface area contributed by atoms with E-state index in [2.05, 4.69) is 22.0 Å². The minimum Gasteiger partial charge on any atom is -0.489 e. The van der Waals surface area contributed by atoms with Gasteiger partial charge < -0.3 is 28.8 Å². The lowest BCUT2D eigenvalue weighted by molar-refractivity contribution is -0.102. The first-order chi connectivity index (χ1) is 14.7. The van der Waals surface area contributed by atoms with Crippen LogP contribution >= 0.6 is 0 Å². The summed E-state index contributed by atoms with van der Waals surface area (Å²) in [6.45, 7) is 6.64. The van der Waals surface area contributed by atoms with E-state index in [9.17, 15) is 4.79 Å². The van der Waals surface area contributed by atoms with Gasteiger partial charge in [-0.1, -0.05) is 0 Å². The van der Waals surface area contributed by atoms with Crippen molar-refractivity contribution in [2.24, 2.45) is 0 Å². The molecule has 2 atom stereocenters. The maximum absolute atomic E-state index is 12.7. The zero-order chi connectivity index (χ0) is 20.5. The molecule has 5 rings (SSSR count). The SMILES string of the molecule is Cc1c2n(c(OC[C@@H]3COCCO3)cc1=O)CCc1cc(OC3CCNC3)ccc1-2. The first-order valence-corrected chi connectivity index (χ1v) is 10.8. The second-order valence-electron chi connectivity index (χ2n) is 8.15. The zero-order valence-electron chi connectivity index (χ0n) is 17.3. The van der Waals surface area contributed by atoms with Crippen molar-refractivity contribution >= 4 is 0 Å². The third-order valence-corrected chi connectivity index (χ3v) is 6.07. The van der Waals surface area contributed by atoms with Gasteiger partial charge in [-0.05, 0) is 50.1 Å². The maximum atomic E-state index is 12.7. The Morgan fingerprint density at radius 3 is 3.00 bits per heavy atom. The molecule has 1 aromatic carbocycles. The molecule has 1 unspecified atom stereocenters. The lowest BCUT2D eigenvalue weighted by Gasteiger charge is -2.28. The highest BCUT2D eigenvalue weighted by Gasteiger charge is 2.24. The fourth-order valence-corrected chi connectivity index (χ4v) is 4.46. The summed E-state index contributed by atoms with van der Waals surface area (Å²) in [6, 6.07) is 7.81. The molecule has 7 nitrogen and oxygen atoms in total. The molecule has 7 heteroatoms. The van der Waals surface area contributed by atoms with Crippen molar-refractivity contribution < 1.29 is 18.9 Å². The Hall–Kier alpha value is -2.35. The molecule has 3 aliphatic rings. The van der Waals surface area contributed by atoms with Gasteiger partial charge in [0.15, 0.2) is 11.3 Å². The van der Waals surface area contributed by atoms with Gasteiger partial charge in [0.05, 0.1) is 25.5 Å². The smallest absolute Gasteiger partial charge is 0.197 e. The Balaban J connectivity index is 1.43. The first kappa shape index (κ1) is 19.6. The zero-order valence-corrected chi connectivity index (χ0v) is 17.3. The third-order valence-electron chi connectivity index (χ3n) is 6.07. The van der Waals surface area contributed by atoms with Crippen LogP contribution in [0.4, 0.5) is 0 Å². The van der Waals surface area contributed by atoms with E-state index in [1.165, 1.54) is 5.56 Å². The molecule has 4 heterocycles. The van der Waals surface area contributed by atoms with Gasteiger partial charge in [0.1, 0.15) is 24.6 Å². The van der Waals surface area contributed by atoms with Gasteiger partial charge in [-0.2, -0.15) is 0 Å². The van der Waals surface area contributed by atoms with E-state index in [0.29, 0.717) is 32.3 Å². The molecule has 2 fully saturated rings. The van der Waals surface area contributed by atoms with Crippen LogP contribution in [0.2, 0.25) is 0 Å². The molecular weight excluding hydrogens is 384 g/mol. The monoisotopic (exact) mass is 412 g/mol. The minimum atomic E-state index is -0.105. The summed E-state index contributed by atoms with van der Waals surface area (Å²) in [5.74, 6) is 1.50. The van der Waals surface area contributed by atoms with E-state index >= 15 is 0 Å². The molecule has 0 bridgehead atoms. The summed E-state index contributed by atoms with van der Waals surface area (Å²) in [6.07, 6.45) is 2.02. The van der Waals surface area contributed by atoms with Gasteiger partial charge in [-0.3, -0.25) is 4.79 Å². The number of aromatic nitrogens is 1. The van der Waals surface area contributed by atoms with Gasteiger partial charge in [-0.25, -0.2) is 0 Å². The quantitative estimate of drug-likeness (QED) is 0.809. The van der Waals surface area contributed by atoms with Crippen LogP contribution < -0.4 is 20.2 Å². The number of nitrogens with one attached hydrogen (secondary N) is 1. The van der Waals surface area contributed by atoms with Crippen LogP contribution in [-0.4, -0.2) is 56.3 Å². The summed E-state index contributed by atoms with van der Waals surface area (Å²) < 4.78 is 25.4. The van der Waals surface area contributed by atoms with Gasteiger partial charge in [0, 0.05) is 30.3 Å². The topological polar surface area (TPSA) is 71.0 Å². The molecular formula is C23H28N2O5. The molecule has 0 spiro atoms. The summed E-state index contributed by atoms with van der Waals surface area (Å²) in [7, 11) is 0. The number of ether oxygens (including phenoxy) is 4. The summed E-state index contributed by atoms with van der Waals surface area (Å²) in [4.78, 5) is 12.7. The van der Waals surface area contributed by atoms with Gasteiger partial charge in [-0.15, -0.1) is 0 Å². The number of benzene rings is 1. The number of nitrogens with zero attached hydrogens (tertiary/aromatic N) is 1. The van der Waals surface area contributed by atoms with Gasteiger partial charge in [0.2, 0.25) is 0 Å². The van der Waals surface area contributed by atoms with E-state index in [0.717, 1.165) is 55.0 Å². The Morgan fingerprint density at radius 1 is 1.27 bits per heavy atom. The fourth-order valence-electron chi connectivity index (χ4n) is 4.46. The van der Waals surface area contributed by atoms with Crippen molar-refractivity contribution in [3.8, 4) is 22.9 Å². The predicted molar refractivity (Wildman–Crippen MR) is 113 cm³/mol. The Labute approximate surface area is 175 Å². The second kappa shape index (κ2) is 8.41. The lowest BCUT2D eigenvalue weighted by atomic mass is 9.94. The standard InChI is InChI=1S/C23H28N2O5/c1-15-21(26)11-22(29-14-19-13-27-8-9-28-19)25-7-5-16-10-17(2-3-20(16)23(15)25)30-18-4-6-24-12-18/h2-3,10-11,18-19,24H,4-9,12-14H2,1H3/t18?,19-/m0/s1. The summed E-state index contributed by atoms with van der Waals surface area (Å²) in [5.41, 5.74) is 3.96. The Kier molecular flexibility index (Phi) is 5.50. The molecule has 0 saturated carbocycles. The highest BCUT2D eigenvalue weighted by Crippen LogP contribution is 2.36. The van der Waals surface area contributed by atoms with Gasteiger partial charge in [0.25, 0.3) is 0 Å². The van der Waals surface area contributed by atoms with Crippen molar-refractivity contribution in [2.45, 2.75) is 38.5 Å². The number of hydrogen-bond donors (Lipinski definition) is 1. The molecule has 0 amide bonds. The molecule has 30 heavy (non-hydrogen) atoms. The largest absolute Gasteiger partial charge is 0.489 e. The van der Waals surface area contributed by atoms with Crippen molar-refractivity contribution in [1.29, 1.82) is 0 Å². The van der Waals surface area contributed by atoms with Crippen LogP contribution in [0.25, 0.3) is 11.3 Å². The van der Waals surface area contributed by atoms with Crippen LogP contribution in [0.5, 0.6) is 11.6 Å². The number of hydrogen-bond acceptors (Lipinski definition) is 6. The molecule has 0 aliphatic carbocycles. The molecule has 0 radical (unpaired) electrons. The van der Waals surface area contributed by atoms with E-state index in [1.54, 1.807) is 6.07 Å². The van der Waals surface area contributed by atoms with Crippen molar-refractivity contribution in [3.63, 3.8) is 0 Å². The van der Waals surface area contributed by atoms with E-state index in [4.69, 9.17) is 18.9 Å². The van der Waals surface area contributed by atoms with Crippen LogP contribution in [0.1, 0.15) is 17.5 Å². The maximum Gasteiger partial charge on any atom is 0.197 e. The summed E-state index contributed by atoms with van der Waals surface area (Å²) in [5, 5.41) is 3.33. The normalized spacial score (nSPS) is 23.0. The number of fused-ring (bicyclic) bond motifs is 3. The molecule has 3 aliphatic heterocycles. The minimum absolute atomic E-state index is 0.0118. The van der Waals surface area contributed by atoms with E-state index in [-0.39, 0.29) is 17.6 Å². The predicted octanol–water partition coefficient (Wildman–Crippen LogP) is 1.91. The molecule has 1 aromatic heterocycles. The van der Waals surface area contributed by atoms with Gasteiger partial charge >= 0.3 is 0 Å². The molecule has 2 aromatic rings. The van der Waals surface area contributed by atoms with E-state index < -0.39 is 0 Å². The Bertz CT molecular complexity index is 974. The molecule has 1 N–H and O–H groups in total. The Morgan fingerprint density at radius 2 is 2.20 bits per heavy atom. The van der Waals surface area contributed by atoms with Crippen molar-refractivity contribution in [3.05, 3.63) is 45.6 Å². The van der Waals surface area contributed by atoms with Crippen LogP contribution in [-0.2, 0) is 22.4 Å². The second-order valence-corrected chi connectivity index (χ2v) is 8.15. The van der Waals surface area contributed by atoms with Crippen molar-refractivity contribution in [2.75, 3.05) is 39.5 Å². The molecule has 2 saturated heterocycles. The van der Waals surface area contributed by atoms with E-state index in [1.807, 2.05) is 13.0 Å². The van der Waals surface area contributed by atoms with Crippen LogP contribution in [0.3, 0.4) is 0 Å². The fraction of sp³-hybridized carbons (Fsp3) is 0.522. The highest BCUT2D eigenvalue weighted by atomic mass is 16.6. The highest BCUT2D eigenvalue weighted by molar-refractivity contribution is 5.70.